The van der Waals surface area contributed by atoms with Crippen LogP contribution in [0.3, 0.4) is 0 Å². The van der Waals surface area contributed by atoms with E-state index in [1.165, 1.54) is 5.56 Å². The summed E-state index contributed by atoms with van der Waals surface area (Å²) in [6.07, 6.45) is 1.19. The molecule has 0 atom stereocenters. The molecule has 2 aromatic rings. The molecule has 0 unspecified atom stereocenters. The van der Waals surface area contributed by atoms with E-state index in [0.29, 0.717) is 13.0 Å². The van der Waals surface area contributed by atoms with E-state index in [0.717, 1.165) is 27.7 Å². The fourth-order valence-electron chi connectivity index (χ4n) is 2.58. The molecule has 2 aromatic carbocycles. The van der Waals surface area contributed by atoms with Crippen molar-refractivity contribution in [2.45, 2.75) is 19.8 Å². The topological polar surface area (TPSA) is 32.7 Å². The number of hydrogen-bond donors (Lipinski definition) is 0. The zero-order chi connectivity index (χ0) is 15.5. The molecule has 1 heterocycles. The fourth-order valence-corrected chi connectivity index (χ4v) is 3.02. The van der Waals surface area contributed by atoms with Gasteiger partial charge in [-0.15, -0.1) is 0 Å². The summed E-state index contributed by atoms with van der Waals surface area (Å²) in [5.74, 6) is 0.0424. The van der Waals surface area contributed by atoms with Crippen LogP contribution in [0.25, 0.3) is 0 Å². The fraction of sp³-hybridized carbons (Fsp3) is 0.222. The SMILES string of the molecule is Cc1cccc(C2=NN(C(=O)Cc3cccc(Br)c3)CC2)c1. The van der Waals surface area contributed by atoms with Gasteiger partial charge in [-0.3, -0.25) is 4.79 Å². The van der Waals surface area contributed by atoms with Gasteiger partial charge in [0.15, 0.2) is 0 Å². The summed E-state index contributed by atoms with van der Waals surface area (Å²) >= 11 is 3.43. The molecule has 0 spiro atoms. The normalized spacial score (nSPS) is 14.1. The Balaban J connectivity index is 1.72. The monoisotopic (exact) mass is 356 g/mol. The van der Waals surface area contributed by atoms with Gasteiger partial charge in [0, 0.05) is 10.9 Å². The van der Waals surface area contributed by atoms with Crippen LogP contribution in [0.2, 0.25) is 0 Å². The second-order valence-electron chi connectivity index (χ2n) is 5.49. The summed E-state index contributed by atoms with van der Waals surface area (Å²) in [5, 5.41) is 6.10. The van der Waals surface area contributed by atoms with Crippen LogP contribution in [0, 0.1) is 6.92 Å². The number of benzene rings is 2. The first-order valence-corrected chi connectivity index (χ1v) is 8.10. The second-order valence-corrected chi connectivity index (χ2v) is 6.41. The van der Waals surface area contributed by atoms with Crippen LogP contribution in [0.4, 0.5) is 0 Å². The van der Waals surface area contributed by atoms with Gasteiger partial charge in [0.2, 0.25) is 5.91 Å². The predicted octanol–water partition coefficient (Wildman–Crippen LogP) is 3.94. The standard InChI is InChI=1S/C18H17BrN2O/c1-13-4-2-6-15(10-13)17-8-9-21(20-17)18(22)12-14-5-3-7-16(19)11-14/h2-7,10-11H,8-9,12H2,1H3. The highest BCUT2D eigenvalue weighted by Gasteiger charge is 2.21. The van der Waals surface area contributed by atoms with E-state index in [-0.39, 0.29) is 5.91 Å². The second kappa shape index (κ2) is 6.44. The zero-order valence-corrected chi connectivity index (χ0v) is 14.0. The van der Waals surface area contributed by atoms with E-state index < -0.39 is 0 Å². The molecule has 1 amide bonds. The third-order valence-electron chi connectivity index (χ3n) is 3.69. The molecule has 0 fully saturated rings. The number of hydrogen-bond acceptors (Lipinski definition) is 2. The molecule has 3 rings (SSSR count). The third-order valence-corrected chi connectivity index (χ3v) is 4.18. The number of carbonyl (C=O) groups is 1. The molecule has 4 heteroatoms. The lowest BCUT2D eigenvalue weighted by molar-refractivity contribution is -0.130. The van der Waals surface area contributed by atoms with Gasteiger partial charge < -0.3 is 0 Å². The third kappa shape index (κ3) is 3.45. The lowest BCUT2D eigenvalue weighted by Crippen LogP contribution is -2.25. The van der Waals surface area contributed by atoms with Gasteiger partial charge in [-0.1, -0.05) is 57.9 Å². The average Bonchev–Trinajstić information content (AvgIpc) is 2.97. The summed E-state index contributed by atoms with van der Waals surface area (Å²) < 4.78 is 0.989. The molecule has 0 radical (unpaired) electrons. The molecule has 22 heavy (non-hydrogen) atoms. The number of rotatable bonds is 3. The maximum absolute atomic E-state index is 12.4. The molecular weight excluding hydrogens is 340 g/mol. The minimum absolute atomic E-state index is 0.0424. The van der Waals surface area contributed by atoms with E-state index in [2.05, 4.69) is 40.1 Å². The van der Waals surface area contributed by atoms with E-state index >= 15 is 0 Å². The Labute approximate surface area is 138 Å². The van der Waals surface area contributed by atoms with Gasteiger partial charge in [0.1, 0.15) is 0 Å². The summed E-state index contributed by atoms with van der Waals surface area (Å²) in [5.41, 5.74) is 4.31. The minimum atomic E-state index is 0.0424. The van der Waals surface area contributed by atoms with Gasteiger partial charge in [0.25, 0.3) is 0 Å². The number of carbonyl (C=O) groups excluding carboxylic acids is 1. The van der Waals surface area contributed by atoms with Crippen molar-refractivity contribution < 1.29 is 4.79 Å². The molecule has 0 saturated heterocycles. The van der Waals surface area contributed by atoms with Crippen LogP contribution in [0.1, 0.15) is 23.1 Å². The van der Waals surface area contributed by atoms with Crippen molar-refractivity contribution >= 4 is 27.5 Å². The molecular formula is C18H17BrN2O. The molecule has 1 aliphatic heterocycles. The van der Waals surface area contributed by atoms with Crippen molar-refractivity contribution in [2.75, 3.05) is 6.54 Å². The smallest absolute Gasteiger partial charge is 0.247 e. The molecule has 0 N–H and O–H groups in total. The van der Waals surface area contributed by atoms with Gasteiger partial charge in [0.05, 0.1) is 18.7 Å². The maximum Gasteiger partial charge on any atom is 0.247 e. The van der Waals surface area contributed by atoms with Gasteiger partial charge in [-0.25, -0.2) is 5.01 Å². The highest BCUT2D eigenvalue weighted by Crippen LogP contribution is 2.17. The Morgan fingerprint density at radius 3 is 2.82 bits per heavy atom. The van der Waals surface area contributed by atoms with Crippen molar-refractivity contribution in [3.63, 3.8) is 0 Å². The highest BCUT2D eigenvalue weighted by atomic mass is 79.9. The summed E-state index contributed by atoms with van der Waals surface area (Å²) in [6, 6.07) is 16.1. The van der Waals surface area contributed by atoms with E-state index in [1.807, 2.05) is 36.4 Å². The Kier molecular flexibility index (Phi) is 4.39. The summed E-state index contributed by atoms with van der Waals surface area (Å²) in [4.78, 5) is 12.4. The minimum Gasteiger partial charge on any atom is -0.273 e. The Bertz CT molecular complexity index is 739. The van der Waals surface area contributed by atoms with Crippen molar-refractivity contribution in [1.82, 2.24) is 5.01 Å². The summed E-state index contributed by atoms with van der Waals surface area (Å²) in [7, 11) is 0. The van der Waals surface area contributed by atoms with E-state index in [4.69, 9.17) is 0 Å². The van der Waals surface area contributed by atoms with Gasteiger partial charge in [-0.05, 0) is 30.2 Å². The van der Waals surface area contributed by atoms with Crippen molar-refractivity contribution in [3.05, 3.63) is 69.7 Å². The molecule has 0 aromatic heterocycles. The van der Waals surface area contributed by atoms with Crippen LogP contribution in [0.15, 0.2) is 58.1 Å². The lowest BCUT2D eigenvalue weighted by atomic mass is 10.1. The van der Waals surface area contributed by atoms with Crippen molar-refractivity contribution in [2.24, 2.45) is 5.10 Å². The highest BCUT2D eigenvalue weighted by molar-refractivity contribution is 9.10. The number of hydrazone groups is 1. The predicted molar refractivity (Wildman–Crippen MR) is 91.9 cm³/mol. The first-order chi connectivity index (χ1) is 10.6. The lowest BCUT2D eigenvalue weighted by Gasteiger charge is -2.11. The molecule has 1 aliphatic rings. The first kappa shape index (κ1) is 15.0. The molecule has 0 bridgehead atoms. The number of halogens is 1. The molecule has 0 saturated carbocycles. The van der Waals surface area contributed by atoms with Crippen LogP contribution in [-0.2, 0) is 11.2 Å². The Morgan fingerprint density at radius 1 is 1.23 bits per heavy atom. The average molecular weight is 357 g/mol. The molecule has 0 aliphatic carbocycles. The number of nitrogens with zero attached hydrogens (tertiary/aromatic N) is 2. The van der Waals surface area contributed by atoms with Crippen molar-refractivity contribution in [1.29, 1.82) is 0 Å². The van der Waals surface area contributed by atoms with Crippen molar-refractivity contribution in [3.8, 4) is 0 Å². The van der Waals surface area contributed by atoms with E-state index in [1.54, 1.807) is 5.01 Å². The summed E-state index contributed by atoms with van der Waals surface area (Å²) in [6.45, 7) is 2.73. The quantitative estimate of drug-likeness (QED) is 0.819. The van der Waals surface area contributed by atoms with Gasteiger partial charge in [-0.2, -0.15) is 5.10 Å². The van der Waals surface area contributed by atoms with Crippen LogP contribution >= 0.6 is 15.9 Å². The first-order valence-electron chi connectivity index (χ1n) is 7.31. The van der Waals surface area contributed by atoms with Gasteiger partial charge >= 0.3 is 0 Å². The van der Waals surface area contributed by atoms with Crippen LogP contribution in [-0.4, -0.2) is 23.2 Å². The molecule has 3 nitrogen and oxygen atoms in total. The van der Waals surface area contributed by atoms with Crippen LogP contribution in [0.5, 0.6) is 0 Å². The maximum atomic E-state index is 12.4. The zero-order valence-electron chi connectivity index (χ0n) is 12.4. The van der Waals surface area contributed by atoms with E-state index in [9.17, 15) is 4.79 Å². The number of aryl methyl sites for hydroxylation is 1. The Morgan fingerprint density at radius 2 is 2.05 bits per heavy atom. The van der Waals surface area contributed by atoms with Crippen LogP contribution < -0.4 is 0 Å². The Hall–Kier alpha value is -1.94. The number of amides is 1. The largest absolute Gasteiger partial charge is 0.273 e. The molecule has 112 valence electrons.